The molecular weight excluding hydrogens is 390 g/mol. The summed E-state index contributed by atoms with van der Waals surface area (Å²) in [6, 6.07) is 4.83. The molecular formula is C16H16ClF4N5O. The number of para-hydroxylation sites is 1. The average Bonchev–Trinajstić information content (AvgIpc) is 3.06. The molecule has 0 saturated heterocycles. The van der Waals surface area contributed by atoms with Crippen molar-refractivity contribution < 1.29 is 22.4 Å². The normalized spacial score (nSPS) is 14.3. The number of amides is 1. The van der Waals surface area contributed by atoms with Crippen LogP contribution in [0.2, 0.25) is 0 Å². The average molecular weight is 406 g/mol. The molecule has 0 unspecified atom stereocenters. The van der Waals surface area contributed by atoms with Crippen LogP contribution in [0, 0.1) is 5.82 Å². The van der Waals surface area contributed by atoms with E-state index in [0.29, 0.717) is 17.6 Å². The Labute approximate surface area is 158 Å². The first-order valence-corrected chi connectivity index (χ1v) is 7.82. The van der Waals surface area contributed by atoms with E-state index in [-0.39, 0.29) is 19.0 Å². The van der Waals surface area contributed by atoms with Crippen LogP contribution < -0.4 is 10.6 Å². The van der Waals surface area contributed by atoms with E-state index >= 15 is 0 Å². The number of carbonyl (C=O) groups is 1. The van der Waals surface area contributed by atoms with Crippen LogP contribution in [0.1, 0.15) is 22.6 Å². The number of aromatic nitrogens is 3. The monoisotopic (exact) mass is 405 g/mol. The first kappa shape index (κ1) is 20.8. The summed E-state index contributed by atoms with van der Waals surface area (Å²) >= 11 is 0. The lowest BCUT2D eigenvalue weighted by Gasteiger charge is -2.15. The zero-order chi connectivity index (χ0) is 18.7. The number of hydrogen-bond donors (Lipinski definition) is 2. The smallest absolute Gasteiger partial charge is 0.347 e. The third kappa shape index (κ3) is 4.64. The summed E-state index contributed by atoms with van der Waals surface area (Å²) in [5, 5.41) is 12.2. The fourth-order valence-electron chi connectivity index (χ4n) is 2.59. The maximum Gasteiger partial charge on any atom is 0.435 e. The number of alkyl halides is 3. The quantitative estimate of drug-likeness (QED) is 0.605. The third-order valence-electron chi connectivity index (χ3n) is 3.87. The van der Waals surface area contributed by atoms with Gasteiger partial charge in [0.2, 0.25) is 0 Å². The summed E-state index contributed by atoms with van der Waals surface area (Å²) in [4.78, 5) is 12.2. The van der Waals surface area contributed by atoms with E-state index in [4.69, 9.17) is 0 Å². The zero-order valence-electron chi connectivity index (χ0n) is 13.9. The molecule has 11 heteroatoms. The minimum absolute atomic E-state index is 0. The highest BCUT2D eigenvalue weighted by Crippen LogP contribution is 2.33. The number of halogens is 5. The minimum atomic E-state index is -4.94. The van der Waals surface area contributed by atoms with E-state index in [2.05, 4.69) is 20.9 Å². The predicted octanol–water partition coefficient (Wildman–Crippen LogP) is 2.50. The molecule has 0 fully saturated rings. The lowest BCUT2D eigenvalue weighted by Crippen LogP contribution is -2.31. The standard InChI is InChI=1S/C16H15F4N5O.ClH/c17-11-3-1-2-4-12(11)25-14(16(18,19)20)13(23-24-25)15(26)22-9-10-5-7-21-8-6-10;/h1-5,21H,6-9H2,(H,22,26);1H. The van der Waals surface area contributed by atoms with Crippen molar-refractivity contribution in [2.75, 3.05) is 19.6 Å². The van der Waals surface area contributed by atoms with Crippen molar-refractivity contribution >= 4 is 18.3 Å². The van der Waals surface area contributed by atoms with Gasteiger partial charge in [0, 0.05) is 13.1 Å². The molecule has 1 aliphatic rings. The zero-order valence-corrected chi connectivity index (χ0v) is 14.7. The molecule has 0 spiro atoms. The highest BCUT2D eigenvalue weighted by atomic mass is 35.5. The summed E-state index contributed by atoms with van der Waals surface area (Å²) in [6.45, 7) is 1.49. The Morgan fingerprint density at radius 1 is 1.30 bits per heavy atom. The van der Waals surface area contributed by atoms with Crippen LogP contribution in [0.25, 0.3) is 5.69 Å². The molecule has 1 aliphatic heterocycles. The van der Waals surface area contributed by atoms with Crippen LogP contribution in [-0.2, 0) is 6.18 Å². The summed E-state index contributed by atoms with van der Waals surface area (Å²) < 4.78 is 54.7. The predicted molar refractivity (Wildman–Crippen MR) is 91.5 cm³/mol. The third-order valence-corrected chi connectivity index (χ3v) is 3.87. The van der Waals surface area contributed by atoms with Crippen LogP contribution >= 0.6 is 12.4 Å². The number of nitrogens with zero attached hydrogens (tertiary/aromatic N) is 3. The lowest BCUT2D eigenvalue weighted by molar-refractivity contribution is -0.143. The summed E-state index contributed by atoms with van der Waals surface area (Å²) in [5.41, 5.74) is -1.84. The van der Waals surface area contributed by atoms with E-state index in [1.54, 1.807) is 0 Å². The first-order chi connectivity index (χ1) is 12.4. The Kier molecular flexibility index (Phi) is 6.55. The maximum absolute atomic E-state index is 13.9. The van der Waals surface area contributed by atoms with Gasteiger partial charge in [0.05, 0.1) is 0 Å². The number of nitrogens with one attached hydrogen (secondary N) is 2. The van der Waals surface area contributed by atoms with Gasteiger partial charge in [-0.2, -0.15) is 13.2 Å². The van der Waals surface area contributed by atoms with Crippen LogP contribution in [0.4, 0.5) is 17.6 Å². The molecule has 1 amide bonds. The largest absolute Gasteiger partial charge is 0.435 e. The van der Waals surface area contributed by atoms with Crippen molar-refractivity contribution in [3.05, 3.63) is 53.1 Å². The van der Waals surface area contributed by atoms with Crippen LogP contribution in [0.15, 0.2) is 35.9 Å². The van der Waals surface area contributed by atoms with E-state index in [0.717, 1.165) is 24.3 Å². The minimum Gasteiger partial charge on any atom is -0.347 e. The SMILES string of the molecule is Cl.O=C(NCC1=CCNCC1)c1nnn(-c2ccccc2F)c1C(F)(F)F. The molecule has 0 bridgehead atoms. The molecule has 6 nitrogen and oxygen atoms in total. The van der Waals surface area contributed by atoms with Gasteiger partial charge in [-0.15, -0.1) is 17.5 Å². The molecule has 2 aromatic rings. The number of rotatable bonds is 4. The Morgan fingerprint density at radius 3 is 2.67 bits per heavy atom. The molecule has 2 heterocycles. The van der Waals surface area contributed by atoms with Crippen molar-refractivity contribution in [3.63, 3.8) is 0 Å². The topological polar surface area (TPSA) is 71.8 Å². The molecule has 0 saturated carbocycles. The van der Waals surface area contributed by atoms with E-state index < -0.39 is 35.0 Å². The molecule has 1 aromatic heterocycles. The second-order valence-electron chi connectivity index (χ2n) is 5.65. The summed E-state index contributed by atoms with van der Waals surface area (Å²) in [6.07, 6.45) is -2.38. The lowest BCUT2D eigenvalue weighted by atomic mass is 10.1. The number of benzene rings is 1. The van der Waals surface area contributed by atoms with Crippen LogP contribution in [-0.4, -0.2) is 40.5 Å². The summed E-state index contributed by atoms with van der Waals surface area (Å²) in [5.74, 6) is -1.92. The highest BCUT2D eigenvalue weighted by Gasteiger charge is 2.42. The first-order valence-electron chi connectivity index (χ1n) is 7.82. The Morgan fingerprint density at radius 2 is 2.04 bits per heavy atom. The van der Waals surface area contributed by atoms with E-state index in [9.17, 15) is 22.4 Å². The highest BCUT2D eigenvalue weighted by molar-refractivity contribution is 5.93. The fraction of sp³-hybridized carbons (Fsp3) is 0.312. The molecule has 1 aromatic carbocycles. The fourth-order valence-corrected chi connectivity index (χ4v) is 2.59. The molecule has 27 heavy (non-hydrogen) atoms. The molecule has 0 radical (unpaired) electrons. The van der Waals surface area contributed by atoms with Gasteiger partial charge in [-0.05, 0) is 25.1 Å². The van der Waals surface area contributed by atoms with Crippen molar-refractivity contribution in [1.82, 2.24) is 25.6 Å². The van der Waals surface area contributed by atoms with Gasteiger partial charge in [0.1, 0.15) is 11.5 Å². The van der Waals surface area contributed by atoms with Gasteiger partial charge in [-0.3, -0.25) is 4.79 Å². The summed E-state index contributed by atoms with van der Waals surface area (Å²) in [7, 11) is 0. The van der Waals surface area contributed by atoms with Crippen LogP contribution in [0.3, 0.4) is 0 Å². The van der Waals surface area contributed by atoms with E-state index in [1.165, 1.54) is 12.1 Å². The van der Waals surface area contributed by atoms with Gasteiger partial charge < -0.3 is 10.6 Å². The molecule has 3 rings (SSSR count). The Bertz CT molecular complexity index is 850. The van der Waals surface area contributed by atoms with Gasteiger partial charge in [-0.1, -0.05) is 29.0 Å². The maximum atomic E-state index is 13.9. The molecule has 0 atom stereocenters. The number of hydrogen-bond acceptors (Lipinski definition) is 4. The van der Waals surface area contributed by atoms with Crippen molar-refractivity contribution in [2.24, 2.45) is 0 Å². The molecule has 2 N–H and O–H groups in total. The van der Waals surface area contributed by atoms with Gasteiger partial charge in [0.25, 0.3) is 5.91 Å². The van der Waals surface area contributed by atoms with Gasteiger partial charge in [0.15, 0.2) is 11.4 Å². The second-order valence-corrected chi connectivity index (χ2v) is 5.65. The van der Waals surface area contributed by atoms with E-state index in [1.807, 2.05) is 6.08 Å². The van der Waals surface area contributed by atoms with Crippen molar-refractivity contribution in [1.29, 1.82) is 0 Å². The number of carbonyl (C=O) groups excluding carboxylic acids is 1. The molecule has 146 valence electrons. The van der Waals surface area contributed by atoms with Crippen LogP contribution in [0.5, 0.6) is 0 Å². The van der Waals surface area contributed by atoms with Gasteiger partial charge in [-0.25, -0.2) is 9.07 Å². The van der Waals surface area contributed by atoms with Gasteiger partial charge >= 0.3 is 6.18 Å². The van der Waals surface area contributed by atoms with Crippen molar-refractivity contribution in [2.45, 2.75) is 12.6 Å². The Hall–Kier alpha value is -2.46. The molecule has 0 aliphatic carbocycles. The Balaban J connectivity index is 0.00000261. The van der Waals surface area contributed by atoms with Crippen molar-refractivity contribution in [3.8, 4) is 5.69 Å². The second kappa shape index (κ2) is 8.49.